The predicted molar refractivity (Wildman–Crippen MR) is 89.2 cm³/mol. The Labute approximate surface area is 135 Å². The van der Waals surface area contributed by atoms with Crippen molar-refractivity contribution in [3.63, 3.8) is 0 Å². The lowest BCUT2D eigenvalue weighted by Gasteiger charge is -2.12. The fraction of sp³-hybridized carbons (Fsp3) is 0.714. The van der Waals surface area contributed by atoms with E-state index in [4.69, 9.17) is 9.47 Å². The Kier molecular flexibility index (Phi) is 8.32. The monoisotopic (exact) mass is 393 g/mol. The number of nitrogens with zero attached hydrogens (tertiary/aromatic N) is 2. The first-order valence-corrected chi connectivity index (χ1v) is 7.96. The van der Waals surface area contributed by atoms with Gasteiger partial charge in [0.05, 0.1) is 29.1 Å². The van der Waals surface area contributed by atoms with Crippen LogP contribution in [0.2, 0.25) is 0 Å². The molecule has 0 amide bonds. The van der Waals surface area contributed by atoms with Crippen molar-refractivity contribution in [1.29, 1.82) is 0 Å². The van der Waals surface area contributed by atoms with E-state index in [1.54, 1.807) is 7.11 Å². The normalized spacial score (nSPS) is 11.1. The molecule has 114 valence electrons. The van der Waals surface area contributed by atoms with Crippen molar-refractivity contribution in [2.45, 2.75) is 26.7 Å². The van der Waals surface area contributed by atoms with Crippen molar-refractivity contribution in [1.82, 2.24) is 9.97 Å². The molecule has 1 aromatic rings. The Bertz CT molecular complexity index is 414. The molecule has 0 spiro atoms. The molecule has 0 aliphatic carbocycles. The van der Waals surface area contributed by atoms with Crippen LogP contribution < -0.4 is 5.32 Å². The summed E-state index contributed by atoms with van der Waals surface area (Å²) in [4.78, 5) is 9.20. The predicted octanol–water partition coefficient (Wildman–Crippen LogP) is 2.53. The zero-order valence-corrected chi connectivity index (χ0v) is 14.9. The van der Waals surface area contributed by atoms with Crippen LogP contribution in [0.3, 0.4) is 0 Å². The molecule has 0 aliphatic heterocycles. The van der Waals surface area contributed by atoms with Crippen LogP contribution in [0.1, 0.15) is 25.4 Å². The summed E-state index contributed by atoms with van der Waals surface area (Å²) in [6, 6.07) is 0. The molecule has 1 heterocycles. The van der Waals surface area contributed by atoms with Gasteiger partial charge in [0, 0.05) is 20.6 Å². The van der Waals surface area contributed by atoms with Gasteiger partial charge in [-0.2, -0.15) is 0 Å². The average molecular weight is 393 g/mol. The molecule has 0 aliphatic rings. The summed E-state index contributed by atoms with van der Waals surface area (Å²) in [6.45, 7) is 6.25. The van der Waals surface area contributed by atoms with Gasteiger partial charge in [-0.3, -0.25) is 0 Å². The van der Waals surface area contributed by atoms with Crippen molar-refractivity contribution < 1.29 is 9.47 Å². The number of ether oxygens (including phenoxy) is 2. The Morgan fingerprint density at radius 1 is 1.20 bits per heavy atom. The summed E-state index contributed by atoms with van der Waals surface area (Å²) in [5, 5.41) is 3.14. The van der Waals surface area contributed by atoms with Crippen LogP contribution in [0.4, 0.5) is 5.82 Å². The van der Waals surface area contributed by atoms with Crippen LogP contribution in [-0.2, 0) is 22.3 Å². The number of hydrogen-bond donors (Lipinski definition) is 1. The lowest BCUT2D eigenvalue weighted by molar-refractivity contribution is 0.0716. The zero-order valence-electron chi connectivity index (χ0n) is 12.7. The lowest BCUT2D eigenvalue weighted by atomic mass is 10.1. The molecule has 0 saturated heterocycles. The molecule has 1 aromatic heterocycles. The standard InChI is InChI=1S/C14H24IN3O2/c1-10(2)9-11-13(15)14(16-3)18-12(17-11)5-6-20-8-7-19-4/h10H,5-9H2,1-4H3,(H,16,17,18). The minimum atomic E-state index is 0.578. The van der Waals surface area contributed by atoms with Crippen LogP contribution in [-0.4, -0.2) is 43.9 Å². The molecule has 0 fully saturated rings. The van der Waals surface area contributed by atoms with Gasteiger partial charge in [-0.05, 0) is 34.9 Å². The molecular formula is C14H24IN3O2. The van der Waals surface area contributed by atoms with Crippen molar-refractivity contribution in [3.8, 4) is 0 Å². The van der Waals surface area contributed by atoms with Crippen LogP contribution in [0, 0.1) is 9.49 Å². The minimum Gasteiger partial charge on any atom is -0.382 e. The number of anilines is 1. The number of rotatable bonds is 9. The molecule has 6 heteroatoms. The number of hydrogen-bond acceptors (Lipinski definition) is 5. The van der Waals surface area contributed by atoms with E-state index >= 15 is 0 Å². The van der Waals surface area contributed by atoms with E-state index in [0.29, 0.717) is 25.7 Å². The van der Waals surface area contributed by atoms with Gasteiger partial charge in [0.15, 0.2) is 0 Å². The fourth-order valence-electron chi connectivity index (χ4n) is 1.75. The maximum atomic E-state index is 5.48. The maximum absolute atomic E-state index is 5.48. The summed E-state index contributed by atoms with van der Waals surface area (Å²) >= 11 is 2.31. The van der Waals surface area contributed by atoms with Crippen molar-refractivity contribution in [3.05, 3.63) is 15.1 Å². The first-order chi connectivity index (χ1) is 9.58. The number of halogens is 1. The van der Waals surface area contributed by atoms with Crippen molar-refractivity contribution >= 4 is 28.4 Å². The molecule has 1 N–H and O–H groups in total. The molecular weight excluding hydrogens is 369 g/mol. The van der Waals surface area contributed by atoms with Crippen LogP contribution >= 0.6 is 22.6 Å². The maximum Gasteiger partial charge on any atom is 0.143 e. The smallest absolute Gasteiger partial charge is 0.143 e. The molecule has 5 nitrogen and oxygen atoms in total. The highest BCUT2D eigenvalue weighted by atomic mass is 127. The van der Waals surface area contributed by atoms with E-state index in [9.17, 15) is 0 Å². The van der Waals surface area contributed by atoms with Gasteiger partial charge in [-0.25, -0.2) is 9.97 Å². The van der Waals surface area contributed by atoms with Crippen LogP contribution in [0.25, 0.3) is 0 Å². The fourth-order valence-corrected chi connectivity index (χ4v) is 2.48. The molecule has 0 saturated carbocycles. The zero-order chi connectivity index (χ0) is 15.0. The molecule has 0 unspecified atom stereocenters. The third kappa shape index (κ3) is 5.88. The Balaban J connectivity index is 2.70. The Hall–Kier alpha value is -0.470. The summed E-state index contributed by atoms with van der Waals surface area (Å²) in [6.07, 6.45) is 1.69. The highest BCUT2D eigenvalue weighted by Gasteiger charge is 2.12. The second-order valence-corrected chi connectivity index (χ2v) is 6.03. The topological polar surface area (TPSA) is 56.3 Å². The van der Waals surface area contributed by atoms with Gasteiger partial charge >= 0.3 is 0 Å². The van der Waals surface area contributed by atoms with Gasteiger partial charge in [-0.15, -0.1) is 0 Å². The van der Waals surface area contributed by atoms with E-state index in [0.717, 1.165) is 33.7 Å². The van der Waals surface area contributed by atoms with E-state index in [1.807, 2.05) is 7.05 Å². The largest absolute Gasteiger partial charge is 0.382 e. The minimum absolute atomic E-state index is 0.578. The quantitative estimate of drug-likeness (QED) is 0.516. The highest BCUT2D eigenvalue weighted by Crippen LogP contribution is 2.21. The number of nitrogens with one attached hydrogen (secondary N) is 1. The average Bonchev–Trinajstić information content (AvgIpc) is 2.41. The first kappa shape index (κ1) is 17.6. The Morgan fingerprint density at radius 2 is 1.95 bits per heavy atom. The Morgan fingerprint density at radius 3 is 2.55 bits per heavy atom. The van der Waals surface area contributed by atoms with E-state index in [2.05, 4.69) is 51.7 Å². The molecule has 20 heavy (non-hydrogen) atoms. The molecule has 0 bridgehead atoms. The second-order valence-electron chi connectivity index (χ2n) is 4.95. The molecule has 0 radical (unpaired) electrons. The van der Waals surface area contributed by atoms with Gasteiger partial charge in [0.1, 0.15) is 11.6 Å². The third-order valence-electron chi connectivity index (χ3n) is 2.71. The SMILES string of the molecule is CNc1nc(CCOCCOC)nc(CC(C)C)c1I. The first-order valence-electron chi connectivity index (χ1n) is 6.88. The third-order valence-corrected chi connectivity index (χ3v) is 3.84. The van der Waals surface area contributed by atoms with Crippen molar-refractivity contribution in [2.24, 2.45) is 5.92 Å². The summed E-state index contributed by atoms with van der Waals surface area (Å²) in [5.74, 6) is 2.32. The lowest BCUT2D eigenvalue weighted by Crippen LogP contribution is -2.12. The summed E-state index contributed by atoms with van der Waals surface area (Å²) in [7, 11) is 3.56. The molecule has 0 atom stereocenters. The second kappa shape index (κ2) is 9.46. The van der Waals surface area contributed by atoms with Crippen LogP contribution in [0.15, 0.2) is 0 Å². The van der Waals surface area contributed by atoms with Crippen LogP contribution in [0.5, 0.6) is 0 Å². The van der Waals surface area contributed by atoms with Gasteiger partial charge < -0.3 is 14.8 Å². The van der Waals surface area contributed by atoms with E-state index < -0.39 is 0 Å². The summed E-state index contributed by atoms with van der Waals surface area (Å²) < 4.78 is 11.5. The van der Waals surface area contributed by atoms with Gasteiger partial charge in [0.2, 0.25) is 0 Å². The van der Waals surface area contributed by atoms with Gasteiger partial charge in [0.25, 0.3) is 0 Å². The highest BCUT2D eigenvalue weighted by molar-refractivity contribution is 14.1. The van der Waals surface area contributed by atoms with Gasteiger partial charge in [-0.1, -0.05) is 13.8 Å². The van der Waals surface area contributed by atoms with Crippen molar-refractivity contribution in [2.75, 3.05) is 39.3 Å². The summed E-state index contributed by atoms with van der Waals surface area (Å²) in [5.41, 5.74) is 1.12. The molecule has 0 aromatic carbocycles. The van der Waals surface area contributed by atoms with E-state index in [-0.39, 0.29) is 0 Å². The van der Waals surface area contributed by atoms with E-state index in [1.165, 1.54) is 0 Å². The molecule has 1 rings (SSSR count). The number of methoxy groups -OCH3 is 1. The number of aromatic nitrogens is 2.